The van der Waals surface area contributed by atoms with E-state index in [1.165, 1.54) is 0 Å². The summed E-state index contributed by atoms with van der Waals surface area (Å²) in [5.41, 5.74) is 7.26. The van der Waals surface area contributed by atoms with Crippen LogP contribution < -0.4 is 5.73 Å². The second kappa shape index (κ2) is 5.17. The van der Waals surface area contributed by atoms with E-state index in [-0.39, 0.29) is 22.5 Å². The van der Waals surface area contributed by atoms with E-state index in [1.807, 2.05) is 6.92 Å². The van der Waals surface area contributed by atoms with Gasteiger partial charge < -0.3 is 10.3 Å². The molecule has 0 saturated heterocycles. The Labute approximate surface area is 140 Å². The number of halogens is 3. The molecule has 25 heavy (non-hydrogen) atoms. The van der Waals surface area contributed by atoms with Crippen LogP contribution in [0.5, 0.6) is 0 Å². The molecule has 0 bridgehead atoms. The zero-order valence-electron chi connectivity index (χ0n) is 13.5. The van der Waals surface area contributed by atoms with E-state index in [2.05, 4.69) is 20.2 Å². The van der Waals surface area contributed by atoms with Crippen LogP contribution in [0, 0.1) is 6.92 Å². The fourth-order valence-electron chi connectivity index (χ4n) is 2.87. The van der Waals surface area contributed by atoms with Gasteiger partial charge in [-0.3, -0.25) is 0 Å². The number of fused-ring (bicyclic) bond motifs is 1. The van der Waals surface area contributed by atoms with E-state index in [0.717, 1.165) is 42.1 Å². The molecule has 132 valence electrons. The topological polar surface area (TPSA) is 95.7 Å². The van der Waals surface area contributed by atoms with Gasteiger partial charge in [0.05, 0.1) is 5.39 Å². The highest BCUT2D eigenvalue weighted by Crippen LogP contribution is 2.44. The summed E-state index contributed by atoms with van der Waals surface area (Å²) < 4.78 is 45.8. The molecule has 1 unspecified atom stereocenters. The Bertz CT molecular complexity index is 956. The number of alkyl halides is 3. The third-order valence-corrected chi connectivity index (χ3v) is 4.49. The van der Waals surface area contributed by atoms with Gasteiger partial charge in [0.25, 0.3) is 0 Å². The maximum absolute atomic E-state index is 13.2. The highest BCUT2D eigenvalue weighted by Gasteiger charge is 2.40. The molecule has 4 rings (SSSR count). The fourth-order valence-corrected chi connectivity index (χ4v) is 2.87. The molecule has 7 nitrogen and oxygen atoms in total. The highest BCUT2D eigenvalue weighted by molar-refractivity contribution is 5.98. The van der Waals surface area contributed by atoms with Crippen LogP contribution in [-0.2, 0) is 0 Å². The minimum Gasteiger partial charge on any atom is -0.383 e. The van der Waals surface area contributed by atoms with Crippen LogP contribution in [0.15, 0.2) is 10.9 Å². The normalized spacial score (nSPS) is 16.5. The Balaban J connectivity index is 1.95. The second-order valence-electron chi connectivity index (χ2n) is 6.26. The molecular formula is C15H15F3N6O. The Hall–Kier alpha value is -2.65. The Morgan fingerprint density at radius 1 is 1.28 bits per heavy atom. The lowest BCUT2D eigenvalue weighted by Crippen LogP contribution is -2.24. The molecule has 1 saturated carbocycles. The molecule has 3 aromatic heterocycles. The number of nitrogen functional groups attached to an aromatic ring is 1. The number of nitrogens with zero attached hydrogens (tertiary/aromatic N) is 5. The van der Waals surface area contributed by atoms with Crippen molar-refractivity contribution in [2.24, 2.45) is 0 Å². The van der Waals surface area contributed by atoms with Gasteiger partial charge >= 0.3 is 6.18 Å². The number of aromatic nitrogens is 5. The van der Waals surface area contributed by atoms with Crippen LogP contribution in [0.3, 0.4) is 0 Å². The first-order valence-corrected chi connectivity index (χ1v) is 7.81. The summed E-state index contributed by atoms with van der Waals surface area (Å²) in [6, 6.07) is -1.87. The van der Waals surface area contributed by atoms with E-state index < -0.39 is 12.2 Å². The van der Waals surface area contributed by atoms with Gasteiger partial charge in [-0.1, -0.05) is 5.16 Å². The van der Waals surface area contributed by atoms with Crippen molar-refractivity contribution in [3.8, 4) is 11.4 Å². The lowest BCUT2D eigenvalue weighted by atomic mass is 10.1. The van der Waals surface area contributed by atoms with Crippen molar-refractivity contribution in [3.05, 3.63) is 17.7 Å². The van der Waals surface area contributed by atoms with Crippen LogP contribution in [-0.4, -0.2) is 31.1 Å². The van der Waals surface area contributed by atoms with Crippen molar-refractivity contribution in [3.63, 3.8) is 0 Å². The summed E-state index contributed by atoms with van der Waals surface area (Å²) in [6.45, 7) is 2.83. The van der Waals surface area contributed by atoms with E-state index in [1.54, 1.807) is 0 Å². The summed E-state index contributed by atoms with van der Waals surface area (Å²) in [5.74, 6) is 1.12. The van der Waals surface area contributed by atoms with Crippen LogP contribution in [0.25, 0.3) is 22.4 Å². The standard InChI is InChI=1S/C15H15F3N6O/c1-6-10(23-25-12(6)8-3-4-8)11-9-13(19)20-5-21-14(9)24(22-11)7(2)15(16,17)18/h5,7-8H,3-4H2,1-2H3,(H2,19,20,21). The predicted molar refractivity (Wildman–Crippen MR) is 82.7 cm³/mol. The van der Waals surface area contributed by atoms with Crippen molar-refractivity contribution < 1.29 is 17.7 Å². The van der Waals surface area contributed by atoms with Crippen molar-refractivity contribution in [1.82, 2.24) is 24.9 Å². The molecule has 2 N–H and O–H groups in total. The second-order valence-corrected chi connectivity index (χ2v) is 6.26. The van der Waals surface area contributed by atoms with E-state index in [0.29, 0.717) is 11.6 Å². The smallest absolute Gasteiger partial charge is 0.383 e. The molecule has 1 aliphatic carbocycles. The first kappa shape index (κ1) is 15.9. The number of nitrogens with two attached hydrogens (primary N) is 1. The summed E-state index contributed by atoms with van der Waals surface area (Å²) in [5, 5.41) is 8.41. The molecule has 0 radical (unpaired) electrons. The quantitative estimate of drug-likeness (QED) is 0.776. The summed E-state index contributed by atoms with van der Waals surface area (Å²) in [4.78, 5) is 7.84. The fraction of sp³-hybridized carbons (Fsp3) is 0.467. The van der Waals surface area contributed by atoms with Gasteiger partial charge in [-0.15, -0.1) is 0 Å². The Morgan fingerprint density at radius 2 is 2.00 bits per heavy atom. The minimum absolute atomic E-state index is 0.0164. The maximum atomic E-state index is 13.2. The maximum Gasteiger partial charge on any atom is 0.410 e. The molecule has 10 heteroatoms. The summed E-state index contributed by atoms with van der Waals surface area (Å²) in [6.07, 6.45) is -1.33. The lowest BCUT2D eigenvalue weighted by Gasteiger charge is -2.16. The van der Waals surface area contributed by atoms with Gasteiger partial charge in [0.2, 0.25) is 0 Å². The van der Waals surface area contributed by atoms with Crippen LogP contribution in [0.4, 0.5) is 19.0 Å². The monoisotopic (exact) mass is 352 g/mol. The third kappa shape index (κ3) is 2.43. The van der Waals surface area contributed by atoms with Gasteiger partial charge in [-0.05, 0) is 26.7 Å². The number of hydrogen-bond donors (Lipinski definition) is 1. The lowest BCUT2D eigenvalue weighted by molar-refractivity contribution is -0.164. The first-order chi connectivity index (χ1) is 11.8. The van der Waals surface area contributed by atoms with Crippen molar-refractivity contribution in [2.75, 3.05) is 5.73 Å². The van der Waals surface area contributed by atoms with Crippen molar-refractivity contribution in [2.45, 2.75) is 44.8 Å². The molecule has 0 spiro atoms. The van der Waals surface area contributed by atoms with E-state index in [4.69, 9.17) is 10.3 Å². The number of anilines is 1. The van der Waals surface area contributed by atoms with Crippen LogP contribution in [0.1, 0.15) is 43.0 Å². The molecule has 0 amide bonds. The van der Waals surface area contributed by atoms with Gasteiger partial charge in [0.1, 0.15) is 35.3 Å². The number of hydrogen-bond acceptors (Lipinski definition) is 6. The molecule has 0 aromatic carbocycles. The Kier molecular flexibility index (Phi) is 3.28. The van der Waals surface area contributed by atoms with Crippen molar-refractivity contribution in [1.29, 1.82) is 0 Å². The average Bonchev–Trinajstić information content (AvgIpc) is 3.20. The molecule has 1 fully saturated rings. The minimum atomic E-state index is -4.48. The van der Waals surface area contributed by atoms with Gasteiger partial charge in [-0.25, -0.2) is 14.6 Å². The third-order valence-electron chi connectivity index (χ3n) is 4.49. The molecule has 1 aliphatic rings. The largest absolute Gasteiger partial charge is 0.410 e. The molecule has 0 aliphatic heterocycles. The van der Waals surface area contributed by atoms with Crippen LogP contribution in [0.2, 0.25) is 0 Å². The molecule has 1 atom stereocenters. The van der Waals surface area contributed by atoms with E-state index >= 15 is 0 Å². The van der Waals surface area contributed by atoms with Crippen molar-refractivity contribution >= 4 is 16.9 Å². The molecule has 3 heterocycles. The van der Waals surface area contributed by atoms with Gasteiger partial charge in [0, 0.05) is 11.5 Å². The molecular weight excluding hydrogens is 337 g/mol. The predicted octanol–water partition coefficient (Wildman–Crippen LogP) is 3.37. The summed E-state index contributed by atoms with van der Waals surface area (Å²) >= 11 is 0. The zero-order chi connectivity index (χ0) is 17.9. The Morgan fingerprint density at radius 3 is 2.64 bits per heavy atom. The van der Waals surface area contributed by atoms with Gasteiger partial charge in [-0.2, -0.15) is 18.3 Å². The average molecular weight is 352 g/mol. The van der Waals surface area contributed by atoms with Crippen LogP contribution >= 0.6 is 0 Å². The highest BCUT2D eigenvalue weighted by atomic mass is 19.4. The first-order valence-electron chi connectivity index (χ1n) is 7.81. The SMILES string of the molecule is Cc1c(-c2nn(C(C)C(F)(F)F)c3ncnc(N)c23)noc1C1CC1. The number of rotatable bonds is 3. The van der Waals surface area contributed by atoms with E-state index in [9.17, 15) is 13.2 Å². The summed E-state index contributed by atoms with van der Waals surface area (Å²) in [7, 11) is 0. The zero-order valence-corrected chi connectivity index (χ0v) is 13.5. The molecule has 3 aromatic rings. The van der Waals surface area contributed by atoms with Gasteiger partial charge in [0.15, 0.2) is 5.65 Å².